The fourth-order valence-electron chi connectivity index (χ4n) is 1.75. The summed E-state index contributed by atoms with van der Waals surface area (Å²) < 4.78 is 10.2. The lowest BCUT2D eigenvalue weighted by Gasteiger charge is -2.20. The largest absolute Gasteiger partial charge is 0.462 e. The number of carbonyl (C=O) groups excluding carboxylic acids is 1. The Morgan fingerprint density at radius 2 is 2.28 bits per heavy atom. The molecule has 98 valence electrons. The molecule has 0 radical (unpaired) electrons. The van der Waals surface area contributed by atoms with Gasteiger partial charge in [0.1, 0.15) is 0 Å². The molecule has 1 aliphatic rings. The summed E-state index contributed by atoms with van der Waals surface area (Å²) in [5, 5.41) is 1.52. The van der Waals surface area contributed by atoms with Crippen molar-refractivity contribution >= 4 is 17.7 Å². The monoisotopic (exact) mass is 267 g/mol. The zero-order valence-electron chi connectivity index (χ0n) is 10.4. The molecule has 1 saturated heterocycles. The molecule has 2 heterocycles. The minimum Gasteiger partial charge on any atom is -0.462 e. The number of nitrogens with zero attached hydrogens (tertiary/aromatic N) is 1. The second-order valence-corrected chi connectivity index (χ2v) is 5.36. The van der Waals surface area contributed by atoms with Gasteiger partial charge in [-0.15, -0.1) is 11.8 Å². The summed E-state index contributed by atoms with van der Waals surface area (Å²) in [6.45, 7) is 3.84. The number of esters is 1. The molecule has 0 bridgehead atoms. The number of ether oxygens (including phenoxy) is 2. The zero-order chi connectivity index (χ0) is 12.8. The van der Waals surface area contributed by atoms with Crippen LogP contribution in [0.1, 0.15) is 30.1 Å². The third kappa shape index (κ3) is 3.71. The number of hydrogen-bond donors (Lipinski definition) is 0. The van der Waals surface area contributed by atoms with Gasteiger partial charge in [-0.25, -0.2) is 9.78 Å². The molecule has 1 aromatic heterocycles. The van der Waals surface area contributed by atoms with E-state index in [2.05, 4.69) is 4.98 Å². The molecule has 0 N–H and O–H groups in total. The highest BCUT2D eigenvalue weighted by atomic mass is 32.2. The summed E-state index contributed by atoms with van der Waals surface area (Å²) in [6, 6.07) is 3.65. The van der Waals surface area contributed by atoms with Gasteiger partial charge in [-0.1, -0.05) is 0 Å². The van der Waals surface area contributed by atoms with E-state index < -0.39 is 0 Å². The molecule has 5 heteroatoms. The topological polar surface area (TPSA) is 48.4 Å². The van der Waals surface area contributed by atoms with Crippen molar-refractivity contribution in [1.82, 2.24) is 4.98 Å². The quantitative estimate of drug-likeness (QED) is 0.785. The Labute approximate surface area is 111 Å². The van der Waals surface area contributed by atoms with E-state index in [4.69, 9.17) is 9.47 Å². The van der Waals surface area contributed by atoms with Gasteiger partial charge in [0.15, 0.2) is 0 Å². The average Bonchev–Trinajstić information content (AvgIpc) is 2.41. The molecule has 0 aliphatic carbocycles. The van der Waals surface area contributed by atoms with E-state index >= 15 is 0 Å². The fraction of sp³-hybridized carbons (Fsp3) is 0.538. The van der Waals surface area contributed by atoms with E-state index in [1.807, 2.05) is 6.07 Å². The van der Waals surface area contributed by atoms with E-state index in [1.165, 1.54) is 0 Å². The Hall–Kier alpha value is -1.07. The Balaban J connectivity index is 1.92. The van der Waals surface area contributed by atoms with Crippen LogP contribution in [0.15, 0.2) is 23.4 Å². The molecule has 0 saturated carbocycles. The lowest BCUT2D eigenvalue weighted by atomic mass is 10.2. The SMILES string of the molecule is CCOC(=O)c1ccc(SC2CCOCC2)nc1. The Bertz CT molecular complexity index is 388. The standard InChI is InChI=1S/C13H17NO3S/c1-2-17-13(15)10-3-4-12(14-9-10)18-11-5-7-16-8-6-11/h3-4,9,11H,2,5-8H2,1H3. The average molecular weight is 267 g/mol. The van der Waals surface area contributed by atoms with Crippen LogP contribution < -0.4 is 0 Å². The van der Waals surface area contributed by atoms with E-state index in [1.54, 1.807) is 30.9 Å². The lowest BCUT2D eigenvalue weighted by molar-refractivity contribution is 0.0525. The number of aromatic nitrogens is 1. The molecule has 0 atom stereocenters. The van der Waals surface area contributed by atoms with Gasteiger partial charge in [0.25, 0.3) is 0 Å². The molecule has 2 rings (SSSR count). The number of carbonyl (C=O) groups is 1. The summed E-state index contributed by atoms with van der Waals surface area (Å²) >= 11 is 1.76. The Morgan fingerprint density at radius 1 is 1.50 bits per heavy atom. The molecular weight excluding hydrogens is 250 g/mol. The van der Waals surface area contributed by atoms with Crippen molar-refractivity contribution in [2.75, 3.05) is 19.8 Å². The molecule has 0 amide bonds. The smallest absolute Gasteiger partial charge is 0.339 e. The maximum absolute atomic E-state index is 11.5. The van der Waals surface area contributed by atoms with Crippen LogP contribution in [-0.4, -0.2) is 36.0 Å². The first-order valence-electron chi connectivity index (χ1n) is 6.17. The highest BCUT2D eigenvalue weighted by molar-refractivity contribution is 7.99. The van der Waals surface area contributed by atoms with Crippen LogP contribution in [0, 0.1) is 0 Å². The van der Waals surface area contributed by atoms with Gasteiger partial charge < -0.3 is 9.47 Å². The third-order valence-electron chi connectivity index (χ3n) is 2.70. The highest BCUT2D eigenvalue weighted by Crippen LogP contribution is 2.28. The number of rotatable bonds is 4. The van der Waals surface area contributed by atoms with Crippen molar-refractivity contribution in [3.63, 3.8) is 0 Å². The van der Waals surface area contributed by atoms with E-state index in [0.717, 1.165) is 31.1 Å². The Morgan fingerprint density at radius 3 is 2.89 bits per heavy atom. The molecule has 0 unspecified atom stereocenters. The second kappa shape index (κ2) is 6.75. The van der Waals surface area contributed by atoms with Crippen LogP contribution in [0.25, 0.3) is 0 Å². The number of pyridine rings is 1. The van der Waals surface area contributed by atoms with Crippen molar-refractivity contribution in [1.29, 1.82) is 0 Å². The minimum absolute atomic E-state index is 0.312. The van der Waals surface area contributed by atoms with Crippen LogP contribution in [0.3, 0.4) is 0 Å². The van der Waals surface area contributed by atoms with Gasteiger partial charge in [0.2, 0.25) is 0 Å². The fourth-order valence-corrected chi connectivity index (χ4v) is 2.78. The molecule has 0 aromatic carbocycles. The van der Waals surface area contributed by atoms with Gasteiger partial charge >= 0.3 is 5.97 Å². The van der Waals surface area contributed by atoms with E-state index in [-0.39, 0.29) is 5.97 Å². The van der Waals surface area contributed by atoms with Gasteiger partial charge in [0.05, 0.1) is 17.2 Å². The number of hydrogen-bond acceptors (Lipinski definition) is 5. The van der Waals surface area contributed by atoms with Gasteiger partial charge in [0, 0.05) is 24.7 Å². The number of thioether (sulfide) groups is 1. The molecule has 1 aliphatic heterocycles. The first kappa shape index (κ1) is 13.4. The van der Waals surface area contributed by atoms with Gasteiger partial charge in [-0.05, 0) is 31.9 Å². The van der Waals surface area contributed by atoms with E-state index in [0.29, 0.717) is 17.4 Å². The highest BCUT2D eigenvalue weighted by Gasteiger charge is 2.16. The predicted molar refractivity (Wildman–Crippen MR) is 69.9 cm³/mol. The Kier molecular flexibility index (Phi) is 5.01. The van der Waals surface area contributed by atoms with Crippen molar-refractivity contribution in [2.24, 2.45) is 0 Å². The predicted octanol–water partition coefficient (Wildman–Crippen LogP) is 2.53. The second-order valence-electron chi connectivity index (χ2n) is 4.04. The lowest BCUT2D eigenvalue weighted by Crippen LogP contribution is -2.17. The van der Waals surface area contributed by atoms with Gasteiger partial charge in [-0.2, -0.15) is 0 Å². The van der Waals surface area contributed by atoms with Gasteiger partial charge in [-0.3, -0.25) is 0 Å². The van der Waals surface area contributed by atoms with Crippen molar-refractivity contribution in [3.8, 4) is 0 Å². The molecule has 1 aromatic rings. The first-order valence-corrected chi connectivity index (χ1v) is 7.05. The molecule has 0 spiro atoms. The summed E-state index contributed by atoms with van der Waals surface area (Å²) in [5.74, 6) is -0.312. The molecule has 4 nitrogen and oxygen atoms in total. The van der Waals surface area contributed by atoms with Crippen molar-refractivity contribution in [3.05, 3.63) is 23.9 Å². The van der Waals surface area contributed by atoms with Crippen LogP contribution in [0.4, 0.5) is 0 Å². The maximum Gasteiger partial charge on any atom is 0.339 e. The molecule has 1 fully saturated rings. The first-order chi connectivity index (χ1) is 8.79. The molecular formula is C13H17NO3S. The maximum atomic E-state index is 11.5. The van der Waals surface area contributed by atoms with E-state index in [9.17, 15) is 4.79 Å². The zero-order valence-corrected chi connectivity index (χ0v) is 11.2. The van der Waals surface area contributed by atoms with Crippen molar-refractivity contribution < 1.29 is 14.3 Å². The third-order valence-corrected chi connectivity index (χ3v) is 3.99. The summed E-state index contributed by atoms with van der Waals surface area (Å²) in [5.41, 5.74) is 0.508. The summed E-state index contributed by atoms with van der Waals surface area (Å²) in [4.78, 5) is 15.8. The summed E-state index contributed by atoms with van der Waals surface area (Å²) in [6.07, 6.45) is 3.71. The molecule has 18 heavy (non-hydrogen) atoms. The normalized spacial score (nSPS) is 16.5. The van der Waals surface area contributed by atoms with Crippen LogP contribution in [0.5, 0.6) is 0 Å². The summed E-state index contributed by atoms with van der Waals surface area (Å²) in [7, 11) is 0. The van der Waals surface area contributed by atoms with Crippen LogP contribution in [0.2, 0.25) is 0 Å². The van der Waals surface area contributed by atoms with Crippen LogP contribution in [-0.2, 0) is 9.47 Å². The minimum atomic E-state index is -0.312. The van der Waals surface area contributed by atoms with Crippen molar-refractivity contribution in [2.45, 2.75) is 30.0 Å². The van der Waals surface area contributed by atoms with Crippen LogP contribution >= 0.6 is 11.8 Å².